The van der Waals surface area contributed by atoms with Crippen LogP contribution in [0.25, 0.3) is 0 Å². The molecule has 1 N–H and O–H groups in total. The predicted octanol–water partition coefficient (Wildman–Crippen LogP) is 1.90. The van der Waals surface area contributed by atoms with Crippen LogP contribution in [-0.4, -0.2) is 39.5 Å². The fraction of sp³-hybridized carbons (Fsp3) is 0.533. The summed E-state index contributed by atoms with van der Waals surface area (Å²) in [5.41, 5.74) is 0.770. The maximum atomic E-state index is 12.4. The van der Waals surface area contributed by atoms with E-state index in [2.05, 4.69) is 0 Å². The van der Waals surface area contributed by atoms with E-state index >= 15 is 0 Å². The van der Waals surface area contributed by atoms with Gasteiger partial charge in [-0.1, -0.05) is 12.1 Å². The molecule has 1 aromatic carbocycles. The minimum absolute atomic E-state index is 0.0195. The molecule has 0 aliphatic carbocycles. The van der Waals surface area contributed by atoms with Crippen molar-refractivity contribution in [3.05, 3.63) is 39.9 Å². The van der Waals surface area contributed by atoms with Crippen LogP contribution >= 0.6 is 0 Å². The van der Waals surface area contributed by atoms with Gasteiger partial charge in [0, 0.05) is 18.7 Å². The van der Waals surface area contributed by atoms with Crippen molar-refractivity contribution in [1.82, 2.24) is 4.90 Å². The van der Waals surface area contributed by atoms with E-state index in [1.165, 1.54) is 12.1 Å². The van der Waals surface area contributed by atoms with Gasteiger partial charge in [0.2, 0.25) is 5.91 Å². The molecule has 1 fully saturated rings. The van der Waals surface area contributed by atoms with E-state index in [1.807, 2.05) is 0 Å². The summed E-state index contributed by atoms with van der Waals surface area (Å²) < 4.78 is 0. The van der Waals surface area contributed by atoms with Gasteiger partial charge in [0.25, 0.3) is 5.69 Å². The molecule has 0 saturated carbocycles. The van der Waals surface area contributed by atoms with Crippen molar-refractivity contribution in [2.24, 2.45) is 0 Å². The molecule has 1 aliphatic rings. The summed E-state index contributed by atoms with van der Waals surface area (Å²) in [6.07, 6.45) is 2.47. The average Bonchev–Trinajstić information content (AvgIpc) is 2.47. The van der Waals surface area contributed by atoms with E-state index in [-0.39, 0.29) is 24.1 Å². The number of nitrogens with zero attached hydrogens (tertiary/aromatic N) is 2. The van der Waals surface area contributed by atoms with Gasteiger partial charge in [-0.05, 0) is 31.7 Å². The summed E-state index contributed by atoms with van der Waals surface area (Å²) in [7, 11) is 0. The topological polar surface area (TPSA) is 83.7 Å². The quantitative estimate of drug-likeness (QED) is 0.678. The zero-order chi connectivity index (χ0) is 15.4. The first-order valence-corrected chi connectivity index (χ1v) is 7.20. The van der Waals surface area contributed by atoms with Gasteiger partial charge in [-0.3, -0.25) is 14.9 Å². The SMILES string of the molecule is C[C@H](O)[C@H]1CCCCN1C(=O)Cc1ccc([N+](=O)[O-])cc1. The van der Waals surface area contributed by atoms with Crippen LogP contribution in [0, 0.1) is 10.1 Å². The van der Waals surface area contributed by atoms with E-state index in [4.69, 9.17) is 0 Å². The lowest BCUT2D eigenvalue weighted by Gasteiger charge is -2.37. The second-order valence-electron chi connectivity index (χ2n) is 5.49. The standard InChI is InChI=1S/C15H20N2O4/c1-11(18)14-4-2-3-9-16(14)15(19)10-12-5-7-13(8-6-12)17(20)21/h5-8,11,14,18H,2-4,9-10H2,1H3/t11-,14+/m0/s1. The van der Waals surface area contributed by atoms with Crippen LogP contribution in [0.1, 0.15) is 31.7 Å². The van der Waals surface area contributed by atoms with E-state index in [9.17, 15) is 20.0 Å². The Morgan fingerprint density at radius 2 is 2.10 bits per heavy atom. The number of nitro benzene ring substituents is 1. The van der Waals surface area contributed by atoms with Crippen molar-refractivity contribution < 1.29 is 14.8 Å². The average molecular weight is 292 g/mol. The Balaban J connectivity index is 2.04. The zero-order valence-electron chi connectivity index (χ0n) is 12.1. The Morgan fingerprint density at radius 3 is 2.67 bits per heavy atom. The summed E-state index contributed by atoms with van der Waals surface area (Å²) in [6.45, 7) is 2.38. The van der Waals surface area contributed by atoms with Gasteiger partial charge in [0.15, 0.2) is 0 Å². The number of hydrogen-bond acceptors (Lipinski definition) is 4. The molecule has 1 heterocycles. The molecular formula is C15H20N2O4. The highest BCUT2D eigenvalue weighted by Gasteiger charge is 2.29. The number of aliphatic hydroxyl groups excluding tert-OH is 1. The number of carbonyl (C=O) groups excluding carboxylic acids is 1. The van der Waals surface area contributed by atoms with Crippen LogP contribution < -0.4 is 0 Å². The van der Waals surface area contributed by atoms with Gasteiger partial charge < -0.3 is 10.0 Å². The van der Waals surface area contributed by atoms with Crippen LogP contribution in [0.2, 0.25) is 0 Å². The number of aliphatic hydroxyl groups is 1. The summed E-state index contributed by atoms with van der Waals surface area (Å²) in [6, 6.07) is 5.91. The van der Waals surface area contributed by atoms with Crippen molar-refractivity contribution in [2.45, 2.75) is 44.8 Å². The molecule has 1 aromatic rings. The Labute approximate surface area is 123 Å². The van der Waals surface area contributed by atoms with Crippen LogP contribution in [0.15, 0.2) is 24.3 Å². The molecular weight excluding hydrogens is 272 g/mol. The second-order valence-corrected chi connectivity index (χ2v) is 5.49. The van der Waals surface area contributed by atoms with Crippen molar-refractivity contribution in [3.8, 4) is 0 Å². The Bertz CT molecular complexity index is 513. The minimum Gasteiger partial charge on any atom is -0.391 e. The summed E-state index contributed by atoms with van der Waals surface area (Å²) in [4.78, 5) is 24.3. The number of hydrogen-bond donors (Lipinski definition) is 1. The fourth-order valence-electron chi connectivity index (χ4n) is 2.78. The Hall–Kier alpha value is -1.95. The largest absolute Gasteiger partial charge is 0.391 e. The molecule has 2 atom stereocenters. The highest BCUT2D eigenvalue weighted by Crippen LogP contribution is 2.21. The summed E-state index contributed by atoms with van der Waals surface area (Å²) in [5, 5.41) is 20.4. The van der Waals surface area contributed by atoms with Gasteiger partial charge in [0.1, 0.15) is 0 Å². The third-order valence-corrected chi connectivity index (χ3v) is 3.93. The van der Waals surface area contributed by atoms with E-state index in [0.29, 0.717) is 6.54 Å². The first-order chi connectivity index (χ1) is 9.99. The fourth-order valence-corrected chi connectivity index (χ4v) is 2.78. The number of rotatable bonds is 4. The number of benzene rings is 1. The lowest BCUT2D eigenvalue weighted by molar-refractivity contribution is -0.384. The van der Waals surface area contributed by atoms with Crippen molar-refractivity contribution in [3.63, 3.8) is 0 Å². The van der Waals surface area contributed by atoms with Crippen LogP contribution in [0.5, 0.6) is 0 Å². The van der Waals surface area contributed by atoms with Crippen LogP contribution in [-0.2, 0) is 11.2 Å². The summed E-state index contributed by atoms with van der Waals surface area (Å²) >= 11 is 0. The number of carbonyl (C=O) groups is 1. The Morgan fingerprint density at radius 1 is 1.43 bits per heavy atom. The molecule has 2 rings (SSSR count). The maximum absolute atomic E-state index is 12.4. The normalized spacial score (nSPS) is 20.1. The molecule has 1 saturated heterocycles. The van der Waals surface area contributed by atoms with Crippen molar-refractivity contribution in [2.75, 3.05) is 6.54 Å². The smallest absolute Gasteiger partial charge is 0.269 e. The third-order valence-electron chi connectivity index (χ3n) is 3.93. The number of piperidine rings is 1. The Kier molecular flexibility index (Phi) is 4.90. The van der Waals surface area contributed by atoms with Crippen LogP contribution in [0.4, 0.5) is 5.69 Å². The first-order valence-electron chi connectivity index (χ1n) is 7.20. The molecule has 21 heavy (non-hydrogen) atoms. The highest BCUT2D eigenvalue weighted by atomic mass is 16.6. The molecule has 0 radical (unpaired) electrons. The summed E-state index contributed by atoms with van der Waals surface area (Å²) in [5.74, 6) is -0.0329. The molecule has 0 unspecified atom stereocenters. The number of nitro groups is 1. The monoisotopic (exact) mass is 292 g/mol. The van der Waals surface area contributed by atoms with E-state index in [0.717, 1.165) is 24.8 Å². The van der Waals surface area contributed by atoms with Crippen molar-refractivity contribution in [1.29, 1.82) is 0 Å². The van der Waals surface area contributed by atoms with Gasteiger partial charge in [0.05, 0.1) is 23.5 Å². The van der Waals surface area contributed by atoms with Crippen LogP contribution in [0.3, 0.4) is 0 Å². The lowest BCUT2D eigenvalue weighted by atomic mass is 9.97. The van der Waals surface area contributed by atoms with Crippen molar-refractivity contribution >= 4 is 11.6 Å². The number of amides is 1. The zero-order valence-corrected chi connectivity index (χ0v) is 12.1. The predicted molar refractivity (Wildman–Crippen MR) is 77.8 cm³/mol. The molecule has 114 valence electrons. The third kappa shape index (κ3) is 3.78. The molecule has 0 aromatic heterocycles. The minimum atomic E-state index is -0.536. The lowest BCUT2D eigenvalue weighted by Crippen LogP contribution is -2.49. The molecule has 1 amide bonds. The molecule has 0 spiro atoms. The number of likely N-dealkylation sites (tertiary alicyclic amines) is 1. The molecule has 0 bridgehead atoms. The van der Waals surface area contributed by atoms with E-state index in [1.54, 1.807) is 24.0 Å². The maximum Gasteiger partial charge on any atom is 0.269 e. The number of non-ortho nitro benzene ring substituents is 1. The molecule has 1 aliphatic heterocycles. The van der Waals surface area contributed by atoms with Gasteiger partial charge >= 0.3 is 0 Å². The molecule has 6 heteroatoms. The van der Waals surface area contributed by atoms with Gasteiger partial charge in [-0.25, -0.2) is 0 Å². The van der Waals surface area contributed by atoms with E-state index < -0.39 is 11.0 Å². The van der Waals surface area contributed by atoms with Gasteiger partial charge in [-0.15, -0.1) is 0 Å². The second kappa shape index (κ2) is 6.67. The molecule has 6 nitrogen and oxygen atoms in total. The first kappa shape index (κ1) is 15.4. The van der Waals surface area contributed by atoms with Gasteiger partial charge in [-0.2, -0.15) is 0 Å². The highest BCUT2D eigenvalue weighted by molar-refractivity contribution is 5.79.